The van der Waals surface area contributed by atoms with Crippen LogP contribution in [-0.4, -0.2) is 42.9 Å². The van der Waals surface area contributed by atoms with Crippen LogP contribution in [0.1, 0.15) is 17.3 Å². The van der Waals surface area contributed by atoms with E-state index in [2.05, 4.69) is 10.6 Å². The summed E-state index contributed by atoms with van der Waals surface area (Å²) in [6.45, 7) is 1.29. The minimum atomic E-state index is -4.86. The summed E-state index contributed by atoms with van der Waals surface area (Å²) in [5, 5.41) is 14.6. The molecule has 0 radical (unpaired) electrons. The highest BCUT2D eigenvalue weighted by Crippen LogP contribution is 2.38. The molecule has 0 saturated heterocycles. The number of benzene rings is 3. The molecule has 13 heteroatoms. The van der Waals surface area contributed by atoms with E-state index < -0.39 is 47.1 Å². The van der Waals surface area contributed by atoms with Crippen LogP contribution in [0.2, 0.25) is 0 Å². The molecular weight excluding hydrogens is 464 g/mol. The molecule has 0 saturated carbocycles. The molecular formula is C19H16N2O9S2. The van der Waals surface area contributed by atoms with Crippen LogP contribution in [0.5, 0.6) is 5.75 Å². The molecule has 5 N–H and O–H groups in total. The fraction of sp³-hybridized carbons (Fsp3) is 0.0526. The fourth-order valence-electron chi connectivity index (χ4n) is 3.02. The van der Waals surface area contributed by atoms with Crippen molar-refractivity contribution >= 4 is 54.2 Å². The van der Waals surface area contributed by atoms with Crippen molar-refractivity contribution in [3.63, 3.8) is 0 Å². The first-order valence-corrected chi connectivity index (χ1v) is 11.6. The lowest BCUT2D eigenvalue weighted by atomic mass is 10.1. The maximum atomic E-state index is 12.7. The summed E-state index contributed by atoms with van der Waals surface area (Å²) in [5.74, 6) is -1.83. The predicted octanol–water partition coefficient (Wildman–Crippen LogP) is 2.25. The van der Waals surface area contributed by atoms with Crippen LogP contribution >= 0.6 is 0 Å². The van der Waals surface area contributed by atoms with E-state index in [-0.39, 0.29) is 22.5 Å². The Bertz CT molecular complexity index is 1480. The SMILES string of the molecule is CC(=O)Nc1cccc(C(=O)Nc2ccc(S(=O)(=O)O)c3cc(S(=O)(=O)O)cc(O)c23)c1. The molecule has 0 bridgehead atoms. The fourth-order valence-corrected chi connectivity index (χ4v) is 4.23. The predicted molar refractivity (Wildman–Crippen MR) is 114 cm³/mol. The molecule has 0 fully saturated rings. The third-order valence-corrected chi connectivity index (χ3v) is 6.04. The number of rotatable bonds is 5. The van der Waals surface area contributed by atoms with Crippen molar-refractivity contribution in [3.8, 4) is 5.75 Å². The largest absolute Gasteiger partial charge is 0.507 e. The summed E-state index contributed by atoms with van der Waals surface area (Å²) >= 11 is 0. The van der Waals surface area contributed by atoms with Gasteiger partial charge in [-0.2, -0.15) is 16.8 Å². The zero-order chi connectivity index (χ0) is 23.8. The van der Waals surface area contributed by atoms with Crippen molar-refractivity contribution in [1.82, 2.24) is 0 Å². The van der Waals surface area contributed by atoms with Crippen LogP contribution in [0.3, 0.4) is 0 Å². The Morgan fingerprint density at radius 3 is 2.16 bits per heavy atom. The van der Waals surface area contributed by atoms with E-state index in [1.165, 1.54) is 25.1 Å². The Morgan fingerprint density at radius 2 is 1.56 bits per heavy atom. The highest BCUT2D eigenvalue weighted by molar-refractivity contribution is 7.86. The van der Waals surface area contributed by atoms with Crippen LogP contribution in [0.25, 0.3) is 10.8 Å². The Morgan fingerprint density at radius 1 is 0.875 bits per heavy atom. The average Bonchev–Trinajstić information content (AvgIpc) is 2.65. The van der Waals surface area contributed by atoms with Gasteiger partial charge in [0.05, 0.1) is 10.6 Å². The molecule has 0 atom stereocenters. The molecule has 168 valence electrons. The summed E-state index contributed by atoms with van der Waals surface area (Å²) in [5.41, 5.74) is 0.344. The van der Waals surface area contributed by atoms with Gasteiger partial charge in [0.1, 0.15) is 10.6 Å². The van der Waals surface area contributed by atoms with Crippen molar-refractivity contribution < 1.29 is 40.6 Å². The highest BCUT2D eigenvalue weighted by Gasteiger charge is 2.23. The quantitative estimate of drug-likeness (QED) is 0.341. The van der Waals surface area contributed by atoms with Gasteiger partial charge in [0.15, 0.2) is 0 Å². The number of phenols is 1. The summed E-state index contributed by atoms with van der Waals surface area (Å²) in [6, 6.07) is 9.27. The average molecular weight is 480 g/mol. The number of nitrogens with one attached hydrogen (secondary N) is 2. The lowest BCUT2D eigenvalue weighted by Gasteiger charge is -2.14. The van der Waals surface area contributed by atoms with Crippen molar-refractivity contribution in [2.45, 2.75) is 16.7 Å². The normalized spacial score (nSPS) is 11.8. The zero-order valence-electron chi connectivity index (χ0n) is 16.2. The number of hydrogen-bond donors (Lipinski definition) is 5. The summed E-state index contributed by atoms with van der Waals surface area (Å²) < 4.78 is 65.2. The lowest BCUT2D eigenvalue weighted by molar-refractivity contribution is -0.114. The number of phenolic OH excluding ortho intramolecular Hbond substituents is 1. The van der Waals surface area contributed by atoms with Gasteiger partial charge in [0, 0.05) is 35.0 Å². The van der Waals surface area contributed by atoms with E-state index in [4.69, 9.17) is 0 Å². The second kappa shape index (κ2) is 8.20. The summed E-state index contributed by atoms with van der Waals surface area (Å²) in [7, 11) is -9.69. The third kappa shape index (κ3) is 4.86. The molecule has 3 aromatic rings. The number of anilines is 2. The van der Waals surface area contributed by atoms with E-state index in [0.717, 1.165) is 18.2 Å². The molecule has 0 aliphatic carbocycles. The monoisotopic (exact) mass is 480 g/mol. The van der Waals surface area contributed by atoms with Gasteiger partial charge in [-0.25, -0.2) is 0 Å². The minimum Gasteiger partial charge on any atom is -0.507 e. The molecule has 0 aliphatic heterocycles. The van der Waals surface area contributed by atoms with Gasteiger partial charge < -0.3 is 15.7 Å². The number of aromatic hydroxyl groups is 1. The third-order valence-electron chi connectivity index (χ3n) is 4.30. The molecule has 0 unspecified atom stereocenters. The Labute approximate surface area is 182 Å². The van der Waals surface area contributed by atoms with Gasteiger partial charge in [0.25, 0.3) is 26.1 Å². The van der Waals surface area contributed by atoms with E-state index in [1.807, 2.05) is 0 Å². The second-order valence-corrected chi connectivity index (χ2v) is 9.45. The number of amides is 2. The molecule has 32 heavy (non-hydrogen) atoms. The van der Waals surface area contributed by atoms with E-state index >= 15 is 0 Å². The van der Waals surface area contributed by atoms with Crippen molar-refractivity contribution in [3.05, 3.63) is 54.1 Å². The van der Waals surface area contributed by atoms with E-state index in [1.54, 1.807) is 6.07 Å². The van der Waals surface area contributed by atoms with Gasteiger partial charge in [-0.1, -0.05) is 6.07 Å². The molecule has 0 aromatic heterocycles. The van der Waals surface area contributed by atoms with Crippen LogP contribution in [0, 0.1) is 0 Å². The smallest absolute Gasteiger partial charge is 0.295 e. The topological polar surface area (TPSA) is 187 Å². The molecule has 11 nitrogen and oxygen atoms in total. The first-order chi connectivity index (χ1) is 14.8. The number of hydrogen-bond acceptors (Lipinski definition) is 7. The van der Waals surface area contributed by atoms with Crippen LogP contribution in [-0.2, 0) is 25.0 Å². The van der Waals surface area contributed by atoms with Gasteiger partial charge in [0.2, 0.25) is 5.91 Å². The maximum absolute atomic E-state index is 12.7. The highest BCUT2D eigenvalue weighted by atomic mass is 32.2. The second-order valence-electron chi connectivity index (χ2n) is 6.64. The van der Waals surface area contributed by atoms with E-state index in [0.29, 0.717) is 11.8 Å². The van der Waals surface area contributed by atoms with Crippen LogP contribution < -0.4 is 10.6 Å². The van der Waals surface area contributed by atoms with Crippen molar-refractivity contribution in [2.75, 3.05) is 10.6 Å². The van der Waals surface area contributed by atoms with Gasteiger partial charge >= 0.3 is 0 Å². The van der Waals surface area contributed by atoms with Gasteiger partial charge in [-0.3, -0.25) is 18.7 Å². The molecule has 3 rings (SSSR count). The molecule has 0 aliphatic rings. The number of carbonyl (C=O) groups is 2. The van der Waals surface area contributed by atoms with Crippen molar-refractivity contribution in [2.24, 2.45) is 0 Å². The van der Waals surface area contributed by atoms with Crippen LogP contribution in [0.15, 0.2) is 58.3 Å². The van der Waals surface area contributed by atoms with Gasteiger partial charge in [-0.15, -0.1) is 0 Å². The number of fused-ring (bicyclic) bond motifs is 1. The molecule has 2 amide bonds. The lowest BCUT2D eigenvalue weighted by Crippen LogP contribution is -2.14. The molecule has 0 spiro atoms. The van der Waals surface area contributed by atoms with Crippen molar-refractivity contribution in [1.29, 1.82) is 0 Å². The van der Waals surface area contributed by atoms with Gasteiger partial charge in [-0.05, 0) is 36.4 Å². The Balaban J connectivity index is 2.16. The molecule has 0 heterocycles. The maximum Gasteiger partial charge on any atom is 0.295 e. The standard InChI is InChI=1S/C19H16N2O9S2/c1-10(22)20-12-4-2-3-11(7-12)19(24)21-15-5-6-17(32(28,29)30)14-8-13(31(25,26)27)9-16(23)18(14)15/h2-9,23H,1H3,(H,20,22)(H,21,24)(H,25,26,27)(H,28,29,30). The first-order valence-electron chi connectivity index (χ1n) is 8.71. The summed E-state index contributed by atoms with van der Waals surface area (Å²) in [6.07, 6.45) is 0. The Kier molecular flexibility index (Phi) is 5.93. The Hall–Kier alpha value is -3.52. The van der Waals surface area contributed by atoms with E-state index in [9.17, 15) is 40.6 Å². The zero-order valence-corrected chi connectivity index (χ0v) is 17.9. The molecule has 3 aromatic carbocycles. The minimum absolute atomic E-state index is 0.109. The summed E-state index contributed by atoms with van der Waals surface area (Å²) in [4.78, 5) is 22.3. The number of carbonyl (C=O) groups excluding carboxylic acids is 2. The van der Waals surface area contributed by atoms with Crippen LogP contribution in [0.4, 0.5) is 11.4 Å². The first kappa shape index (κ1) is 23.1.